The third-order valence-electron chi connectivity index (χ3n) is 2.06. The molecule has 0 heterocycles. The molecule has 0 fully saturated rings. The normalized spacial score (nSPS) is 10.3. The van der Waals surface area contributed by atoms with Crippen molar-refractivity contribution in [1.82, 2.24) is 0 Å². The minimum Gasteiger partial charge on any atom is -0.494 e. The molecule has 0 aromatic heterocycles. The Morgan fingerprint density at radius 3 is 2.73 bits per heavy atom. The van der Waals surface area contributed by atoms with Gasteiger partial charge in [0.1, 0.15) is 5.75 Å². The monoisotopic (exact) mass is 272 g/mol. The van der Waals surface area contributed by atoms with Crippen molar-refractivity contribution < 1.29 is 9.47 Å². The first-order valence-corrected chi connectivity index (χ1v) is 6.25. The minimum absolute atomic E-state index is 0.759. The first-order valence-electron chi connectivity index (χ1n) is 5.13. The molecule has 2 nitrogen and oxygen atoms in total. The van der Waals surface area contributed by atoms with Crippen molar-refractivity contribution in [3.63, 3.8) is 0 Å². The lowest BCUT2D eigenvalue weighted by Crippen LogP contribution is -1.99. The largest absolute Gasteiger partial charge is 0.494 e. The predicted molar refractivity (Wildman–Crippen MR) is 65.7 cm³/mol. The Bertz CT molecular complexity index is 276. The average molecular weight is 273 g/mol. The molecule has 0 saturated carbocycles. The molecule has 1 rings (SSSR count). The fourth-order valence-electron chi connectivity index (χ4n) is 1.26. The topological polar surface area (TPSA) is 18.5 Å². The third kappa shape index (κ3) is 5.19. The van der Waals surface area contributed by atoms with Crippen LogP contribution in [-0.4, -0.2) is 20.3 Å². The summed E-state index contributed by atoms with van der Waals surface area (Å²) in [6.45, 7) is 1.57. The van der Waals surface area contributed by atoms with Crippen LogP contribution in [0.1, 0.15) is 18.4 Å². The van der Waals surface area contributed by atoms with Crippen molar-refractivity contribution in [1.29, 1.82) is 0 Å². The van der Waals surface area contributed by atoms with E-state index in [4.69, 9.17) is 9.47 Å². The summed E-state index contributed by atoms with van der Waals surface area (Å²) in [6, 6.07) is 8.14. The van der Waals surface area contributed by atoms with Crippen molar-refractivity contribution in [2.24, 2.45) is 0 Å². The number of hydrogen-bond acceptors (Lipinski definition) is 2. The Balaban J connectivity index is 2.24. The summed E-state index contributed by atoms with van der Waals surface area (Å²) in [7, 11) is 1.72. The molecule has 0 bridgehead atoms. The standard InChI is InChI=1S/C12H17BrO2/c1-14-7-2-3-8-15-12-6-4-5-11(9-12)10-13/h4-6,9H,2-3,7-8,10H2,1H3. The number of alkyl halides is 1. The fraction of sp³-hybridized carbons (Fsp3) is 0.500. The quantitative estimate of drug-likeness (QED) is 0.560. The molecule has 0 spiro atoms. The molecule has 0 aliphatic rings. The lowest BCUT2D eigenvalue weighted by atomic mass is 10.2. The Kier molecular flexibility index (Phi) is 6.44. The molecule has 0 amide bonds. The molecular formula is C12H17BrO2. The van der Waals surface area contributed by atoms with Gasteiger partial charge in [-0.15, -0.1) is 0 Å². The first-order chi connectivity index (χ1) is 7.36. The zero-order chi connectivity index (χ0) is 10.9. The van der Waals surface area contributed by atoms with E-state index in [0.717, 1.165) is 37.1 Å². The van der Waals surface area contributed by atoms with E-state index in [1.807, 2.05) is 12.1 Å². The van der Waals surface area contributed by atoms with E-state index in [2.05, 4.69) is 28.1 Å². The van der Waals surface area contributed by atoms with Crippen molar-refractivity contribution in [2.75, 3.05) is 20.3 Å². The Morgan fingerprint density at radius 2 is 2.00 bits per heavy atom. The van der Waals surface area contributed by atoms with Gasteiger partial charge in [0.15, 0.2) is 0 Å². The highest BCUT2D eigenvalue weighted by molar-refractivity contribution is 9.08. The fourth-order valence-corrected chi connectivity index (χ4v) is 1.61. The molecule has 0 aliphatic heterocycles. The second kappa shape index (κ2) is 7.71. The molecule has 0 saturated heterocycles. The Labute approximate surface area is 99.7 Å². The van der Waals surface area contributed by atoms with Crippen LogP contribution in [0.15, 0.2) is 24.3 Å². The van der Waals surface area contributed by atoms with Gasteiger partial charge in [-0.25, -0.2) is 0 Å². The lowest BCUT2D eigenvalue weighted by molar-refractivity contribution is 0.184. The number of rotatable bonds is 7. The Morgan fingerprint density at radius 1 is 1.20 bits per heavy atom. The second-order valence-corrected chi connectivity index (χ2v) is 3.89. The van der Waals surface area contributed by atoms with E-state index in [9.17, 15) is 0 Å². The summed E-state index contributed by atoms with van der Waals surface area (Å²) < 4.78 is 10.6. The Hall–Kier alpha value is -0.540. The summed E-state index contributed by atoms with van der Waals surface area (Å²) in [5.41, 5.74) is 1.24. The molecule has 1 aromatic carbocycles. The number of unbranched alkanes of at least 4 members (excludes halogenated alkanes) is 1. The van der Waals surface area contributed by atoms with E-state index in [0.29, 0.717) is 0 Å². The van der Waals surface area contributed by atoms with E-state index >= 15 is 0 Å². The number of benzene rings is 1. The maximum absolute atomic E-state index is 5.62. The molecular weight excluding hydrogens is 256 g/mol. The van der Waals surface area contributed by atoms with Crippen LogP contribution in [-0.2, 0) is 10.1 Å². The van der Waals surface area contributed by atoms with Gasteiger partial charge in [-0.1, -0.05) is 28.1 Å². The van der Waals surface area contributed by atoms with Crippen LogP contribution in [0.25, 0.3) is 0 Å². The number of methoxy groups -OCH3 is 1. The number of hydrogen-bond donors (Lipinski definition) is 0. The summed E-state index contributed by atoms with van der Waals surface area (Å²) in [5, 5.41) is 0.869. The molecule has 15 heavy (non-hydrogen) atoms. The van der Waals surface area contributed by atoms with Gasteiger partial charge in [-0.2, -0.15) is 0 Å². The van der Waals surface area contributed by atoms with E-state index in [1.54, 1.807) is 7.11 Å². The van der Waals surface area contributed by atoms with Crippen LogP contribution in [0, 0.1) is 0 Å². The summed E-state index contributed by atoms with van der Waals surface area (Å²) in [5.74, 6) is 0.948. The maximum atomic E-state index is 5.62. The van der Waals surface area contributed by atoms with Crippen LogP contribution in [0.5, 0.6) is 5.75 Å². The van der Waals surface area contributed by atoms with Crippen LogP contribution >= 0.6 is 15.9 Å². The summed E-state index contributed by atoms with van der Waals surface area (Å²) in [4.78, 5) is 0. The molecule has 0 aliphatic carbocycles. The maximum Gasteiger partial charge on any atom is 0.119 e. The van der Waals surface area contributed by atoms with Crippen LogP contribution in [0.4, 0.5) is 0 Å². The minimum atomic E-state index is 0.759. The predicted octanol–water partition coefficient (Wildman–Crippen LogP) is 3.39. The molecule has 84 valence electrons. The van der Waals surface area contributed by atoms with Crippen LogP contribution in [0.2, 0.25) is 0 Å². The molecule has 0 N–H and O–H groups in total. The number of halogens is 1. The average Bonchev–Trinajstić information content (AvgIpc) is 2.29. The van der Waals surface area contributed by atoms with Crippen molar-refractivity contribution in [2.45, 2.75) is 18.2 Å². The molecule has 0 radical (unpaired) electrons. The second-order valence-electron chi connectivity index (χ2n) is 3.33. The van der Waals surface area contributed by atoms with Crippen molar-refractivity contribution in [3.05, 3.63) is 29.8 Å². The van der Waals surface area contributed by atoms with Gasteiger partial charge in [-0.3, -0.25) is 0 Å². The molecule has 0 atom stereocenters. The SMILES string of the molecule is COCCCCOc1cccc(CBr)c1. The molecule has 0 unspecified atom stereocenters. The smallest absolute Gasteiger partial charge is 0.119 e. The van der Waals surface area contributed by atoms with Gasteiger partial charge in [0.05, 0.1) is 6.61 Å². The van der Waals surface area contributed by atoms with E-state index < -0.39 is 0 Å². The van der Waals surface area contributed by atoms with Gasteiger partial charge in [0, 0.05) is 19.0 Å². The highest BCUT2D eigenvalue weighted by Crippen LogP contribution is 2.15. The zero-order valence-electron chi connectivity index (χ0n) is 9.04. The highest BCUT2D eigenvalue weighted by Gasteiger charge is 1.95. The zero-order valence-corrected chi connectivity index (χ0v) is 10.6. The third-order valence-corrected chi connectivity index (χ3v) is 2.71. The summed E-state index contributed by atoms with van der Waals surface area (Å²) >= 11 is 3.42. The lowest BCUT2D eigenvalue weighted by Gasteiger charge is -2.06. The summed E-state index contributed by atoms with van der Waals surface area (Å²) in [6.07, 6.45) is 2.08. The first kappa shape index (κ1) is 12.5. The number of ether oxygens (including phenoxy) is 2. The van der Waals surface area contributed by atoms with E-state index in [1.165, 1.54) is 5.56 Å². The van der Waals surface area contributed by atoms with Gasteiger partial charge < -0.3 is 9.47 Å². The van der Waals surface area contributed by atoms with Crippen molar-refractivity contribution in [3.8, 4) is 5.75 Å². The molecule has 3 heteroatoms. The van der Waals surface area contributed by atoms with Gasteiger partial charge >= 0.3 is 0 Å². The molecule has 1 aromatic rings. The van der Waals surface area contributed by atoms with Gasteiger partial charge in [0.2, 0.25) is 0 Å². The van der Waals surface area contributed by atoms with Crippen molar-refractivity contribution >= 4 is 15.9 Å². The van der Waals surface area contributed by atoms with Crippen LogP contribution < -0.4 is 4.74 Å². The van der Waals surface area contributed by atoms with E-state index in [-0.39, 0.29) is 0 Å². The van der Waals surface area contributed by atoms with Gasteiger partial charge in [0.25, 0.3) is 0 Å². The highest BCUT2D eigenvalue weighted by atomic mass is 79.9. The van der Waals surface area contributed by atoms with Crippen LogP contribution in [0.3, 0.4) is 0 Å². The van der Waals surface area contributed by atoms with Gasteiger partial charge in [-0.05, 0) is 30.5 Å².